The Hall–Kier alpha value is -2.38. The van der Waals surface area contributed by atoms with Crippen molar-refractivity contribution >= 4 is 17.1 Å². The van der Waals surface area contributed by atoms with Gasteiger partial charge in [-0.05, 0) is 36.8 Å². The highest BCUT2D eigenvalue weighted by Gasteiger charge is 2.31. The van der Waals surface area contributed by atoms with E-state index in [-0.39, 0.29) is 18.6 Å². The lowest BCUT2D eigenvalue weighted by atomic mass is 9.87. The lowest BCUT2D eigenvalue weighted by Gasteiger charge is -2.34. The number of nitrogens with zero attached hydrogens (tertiary/aromatic N) is 1. The summed E-state index contributed by atoms with van der Waals surface area (Å²) in [5.41, 5.74) is 2.89. The van der Waals surface area contributed by atoms with Crippen molar-refractivity contribution in [1.29, 1.82) is 0 Å². The third kappa shape index (κ3) is 5.56. The molecule has 150 valence electrons. The predicted octanol–water partition coefficient (Wildman–Crippen LogP) is 3.63. The zero-order valence-electron chi connectivity index (χ0n) is 15.8. The average Bonchev–Trinajstić information content (AvgIpc) is 2.72. The second-order valence-corrected chi connectivity index (χ2v) is 7.68. The molecule has 28 heavy (non-hydrogen) atoms. The van der Waals surface area contributed by atoms with Gasteiger partial charge in [0.05, 0.1) is 0 Å². The highest BCUT2D eigenvalue weighted by molar-refractivity contribution is 7.67. The van der Waals surface area contributed by atoms with Gasteiger partial charge < -0.3 is 9.64 Å². The van der Waals surface area contributed by atoms with E-state index in [1.807, 2.05) is 61.5 Å². The summed E-state index contributed by atoms with van der Waals surface area (Å²) in [6.07, 6.45) is 0.443. The molecule has 7 heteroatoms. The van der Waals surface area contributed by atoms with E-state index in [1.54, 1.807) is 4.90 Å². The molecule has 0 bridgehead atoms. The van der Waals surface area contributed by atoms with Gasteiger partial charge in [0.15, 0.2) is 0 Å². The van der Waals surface area contributed by atoms with E-state index in [0.717, 1.165) is 16.7 Å². The molecule has 1 amide bonds. The van der Waals surface area contributed by atoms with Gasteiger partial charge in [0.2, 0.25) is 0 Å². The minimum Gasteiger partial charge on any atom is -0.445 e. The van der Waals surface area contributed by atoms with E-state index in [0.29, 0.717) is 25.9 Å². The largest absolute Gasteiger partial charge is 0.445 e. The maximum atomic E-state index is 12.3. The summed E-state index contributed by atoms with van der Waals surface area (Å²) in [5.74, 6) is 0.0220. The summed E-state index contributed by atoms with van der Waals surface area (Å²) in [6, 6.07) is 17.2. The van der Waals surface area contributed by atoms with Crippen molar-refractivity contribution in [1.82, 2.24) is 4.90 Å². The lowest BCUT2D eigenvalue weighted by Crippen LogP contribution is -2.40. The molecular weight excluding hydrogens is 378 g/mol. The first-order valence-electron chi connectivity index (χ1n) is 9.36. The highest BCUT2D eigenvalue weighted by Crippen LogP contribution is 2.34. The van der Waals surface area contributed by atoms with Crippen molar-refractivity contribution in [2.24, 2.45) is 5.92 Å². The molecule has 1 aliphatic heterocycles. The molecule has 1 aliphatic rings. The van der Waals surface area contributed by atoms with Crippen LogP contribution in [0.2, 0.25) is 0 Å². The van der Waals surface area contributed by atoms with Crippen LogP contribution in [0.5, 0.6) is 0 Å². The van der Waals surface area contributed by atoms with Gasteiger partial charge in [0, 0.05) is 13.1 Å². The van der Waals surface area contributed by atoms with Crippen LogP contribution in [0.4, 0.5) is 4.79 Å². The van der Waals surface area contributed by atoms with Crippen molar-refractivity contribution in [3.63, 3.8) is 0 Å². The van der Waals surface area contributed by atoms with Crippen LogP contribution in [0.1, 0.15) is 35.6 Å². The average molecular weight is 404 g/mol. The lowest BCUT2D eigenvalue weighted by molar-refractivity contribution is 0.0585. The molecule has 6 nitrogen and oxygen atoms in total. The number of carbonyl (C=O) groups excluding carboxylic acids is 1. The molecule has 0 aromatic heterocycles. The van der Waals surface area contributed by atoms with E-state index in [4.69, 9.17) is 8.92 Å². The summed E-state index contributed by atoms with van der Waals surface area (Å²) in [4.78, 5) is 14.0. The second-order valence-electron chi connectivity index (χ2n) is 7.02. The molecular formula is C21H25NO5S. The van der Waals surface area contributed by atoms with Crippen LogP contribution in [0, 0.1) is 12.8 Å². The molecule has 0 spiro atoms. The number of piperidine rings is 1. The van der Waals surface area contributed by atoms with Gasteiger partial charge in [-0.25, -0.2) is 13.2 Å². The van der Waals surface area contributed by atoms with E-state index >= 15 is 0 Å². The number of rotatable bonds is 6. The quantitative estimate of drug-likeness (QED) is 0.746. The van der Waals surface area contributed by atoms with Crippen LogP contribution in [-0.2, 0) is 26.5 Å². The molecule has 1 saturated heterocycles. The van der Waals surface area contributed by atoms with E-state index in [9.17, 15) is 13.2 Å². The SMILES string of the molecule is Cc1ccc(C(O[SH](=O)=O)C2CCN(C(=O)OCc3ccccc3)CC2)cc1. The number of hydrogen-bond donors (Lipinski definition) is 1. The number of likely N-dealkylation sites (tertiary alicyclic amines) is 1. The standard InChI is InChI=1S/C21H25NO5S/c1-16-7-9-18(10-8-16)20(27-28(24)25)19-11-13-22(14-12-19)21(23)26-15-17-5-3-2-4-6-17/h2-10,19-20,28H,11-15H2,1H3. The number of amides is 1. The van der Waals surface area contributed by atoms with Crippen molar-refractivity contribution in [3.05, 3.63) is 71.3 Å². The predicted molar refractivity (Wildman–Crippen MR) is 106 cm³/mol. The third-order valence-corrected chi connectivity index (χ3v) is 5.44. The Labute approximate surface area is 167 Å². The summed E-state index contributed by atoms with van der Waals surface area (Å²) in [6.45, 7) is 3.25. The van der Waals surface area contributed by atoms with Gasteiger partial charge in [-0.3, -0.25) is 4.18 Å². The van der Waals surface area contributed by atoms with Gasteiger partial charge >= 0.3 is 6.09 Å². The first-order chi connectivity index (χ1) is 13.5. The summed E-state index contributed by atoms with van der Waals surface area (Å²) < 4.78 is 33.1. The van der Waals surface area contributed by atoms with Gasteiger partial charge in [0.25, 0.3) is 11.0 Å². The van der Waals surface area contributed by atoms with Gasteiger partial charge in [-0.15, -0.1) is 0 Å². The molecule has 1 unspecified atom stereocenters. The van der Waals surface area contributed by atoms with E-state index < -0.39 is 17.1 Å². The fourth-order valence-electron chi connectivity index (χ4n) is 3.46. The molecule has 1 atom stereocenters. The monoisotopic (exact) mass is 403 g/mol. The van der Waals surface area contributed by atoms with Gasteiger partial charge in [-0.2, -0.15) is 0 Å². The summed E-state index contributed by atoms with van der Waals surface area (Å²) >= 11 is 0. The van der Waals surface area contributed by atoms with Crippen LogP contribution in [-0.4, -0.2) is 32.5 Å². The Bertz CT molecular complexity index is 835. The Morgan fingerprint density at radius 3 is 2.32 bits per heavy atom. The zero-order valence-corrected chi connectivity index (χ0v) is 16.7. The minimum absolute atomic E-state index is 0.0220. The van der Waals surface area contributed by atoms with Crippen molar-refractivity contribution in [2.75, 3.05) is 13.1 Å². The first-order valence-corrected chi connectivity index (χ1v) is 10.5. The first kappa shape index (κ1) is 20.4. The number of carbonyl (C=O) groups is 1. The maximum absolute atomic E-state index is 12.3. The Morgan fingerprint density at radius 1 is 1.07 bits per heavy atom. The number of benzene rings is 2. The fraction of sp³-hybridized carbons (Fsp3) is 0.381. The second kappa shape index (κ2) is 9.71. The number of aryl methyl sites for hydroxylation is 1. The Morgan fingerprint density at radius 2 is 1.71 bits per heavy atom. The molecule has 2 aromatic rings. The maximum Gasteiger partial charge on any atom is 0.410 e. The number of thiol groups is 1. The molecule has 1 fully saturated rings. The molecule has 0 radical (unpaired) electrons. The number of hydrogen-bond acceptors (Lipinski definition) is 5. The minimum atomic E-state index is -2.96. The number of ether oxygens (including phenoxy) is 1. The third-order valence-electron chi connectivity index (χ3n) is 5.04. The van der Waals surface area contributed by atoms with Crippen LogP contribution in [0.25, 0.3) is 0 Å². The van der Waals surface area contributed by atoms with Crippen molar-refractivity contribution < 1.29 is 22.1 Å². The molecule has 2 aromatic carbocycles. The van der Waals surface area contributed by atoms with E-state index in [1.165, 1.54) is 0 Å². The topological polar surface area (TPSA) is 72.9 Å². The van der Waals surface area contributed by atoms with Gasteiger partial charge in [0.1, 0.15) is 12.7 Å². The molecule has 1 heterocycles. The van der Waals surface area contributed by atoms with Crippen LogP contribution in [0.15, 0.2) is 54.6 Å². The molecule has 0 aliphatic carbocycles. The molecule has 0 saturated carbocycles. The molecule has 0 N–H and O–H groups in total. The normalized spacial score (nSPS) is 16.1. The highest BCUT2D eigenvalue weighted by atomic mass is 32.2. The summed E-state index contributed by atoms with van der Waals surface area (Å²) in [5, 5.41) is 0. The zero-order chi connectivity index (χ0) is 19.9. The smallest absolute Gasteiger partial charge is 0.410 e. The van der Waals surface area contributed by atoms with Crippen LogP contribution < -0.4 is 0 Å². The van der Waals surface area contributed by atoms with Gasteiger partial charge in [-0.1, -0.05) is 60.2 Å². The van der Waals surface area contributed by atoms with E-state index in [2.05, 4.69) is 0 Å². The van der Waals surface area contributed by atoms with Crippen LogP contribution in [0.3, 0.4) is 0 Å². The summed E-state index contributed by atoms with van der Waals surface area (Å²) in [7, 11) is -2.96. The van der Waals surface area contributed by atoms with Crippen molar-refractivity contribution in [3.8, 4) is 0 Å². The fourth-order valence-corrected chi connectivity index (χ4v) is 3.94. The van der Waals surface area contributed by atoms with Crippen LogP contribution >= 0.6 is 0 Å². The molecule has 3 rings (SSSR count). The van der Waals surface area contributed by atoms with Crippen molar-refractivity contribution in [2.45, 2.75) is 32.5 Å². The Kier molecular flexibility index (Phi) is 7.06. The Balaban J connectivity index is 1.57.